The molecule has 2 unspecified atom stereocenters. The SMILES string of the molecule is Cc1ccccc1-c1c2c(nc[n+]1C)C1c3ccccc3C2c2cc3ccccc3cc21. The summed E-state index contributed by atoms with van der Waals surface area (Å²) >= 11 is 0. The van der Waals surface area contributed by atoms with Gasteiger partial charge in [-0.2, -0.15) is 0 Å². The summed E-state index contributed by atoms with van der Waals surface area (Å²) in [5, 5.41) is 2.61. The van der Waals surface area contributed by atoms with Gasteiger partial charge in [0.1, 0.15) is 5.69 Å². The summed E-state index contributed by atoms with van der Waals surface area (Å²) in [4.78, 5) is 5.06. The summed E-state index contributed by atoms with van der Waals surface area (Å²) in [5.41, 5.74) is 12.1. The van der Waals surface area contributed by atoms with Crippen LogP contribution in [0, 0.1) is 6.92 Å². The molecule has 0 saturated carbocycles. The zero-order valence-corrected chi connectivity index (χ0v) is 18.2. The Labute approximate surface area is 187 Å². The van der Waals surface area contributed by atoms with Crippen LogP contribution in [0.15, 0.2) is 91.3 Å². The minimum Gasteiger partial charge on any atom is -0.232 e. The number of fused-ring (bicyclic) bond motifs is 1. The van der Waals surface area contributed by atoms with Crippen LogP contribution in [-0.2, 0) is 7.05 Å². The molecule has 8 rings (SSSR count). The molecule has 152 valence electrons. The van der Waals surface area contributed by atoms with Gasteiger partial charge in [-0.3, -0.25) is 0 Å². The van der Waals surface area contributed by atoms with Gasteiger partial charge in [-0.1, -0.05) is 77.8 Å². The fraction of sp³-hybridized carbons (Fsp3) is 0.133. The first kappa shape index (κ1) is 17.9. The van der Waals surface area contributed by atoms with E-state index in [2.05, 4.69) is 103 Å². The second kappa shape index (κ2) is 6.37. The first-order chi connectivity index (χ1) is 15.7. The van der Waals surface area contributed by atoms with Crippen molar-refractivity contribution in [2.24, 2.45) is 7.05 Å². The number of hydrogen-bond donors (Lipinski definition) is 0. The van der Waals surface area contributed by atoms with Crippen LogP contribution in [0.25, 0.3) is 22.0 Å². The maximum atomic E-state index is 5.06. The molecular formula is C30H23N2+. The van der Waals surface area contributed by atoms with Crippen molar-refractivity contribution in [3.63, 3.8) is 0 Å². The highest BCUT2D eigenvalue weighted by molar-refractivity contribution is 5.87. The van der Waals surface area contributed by atoms with Crippen molar-refractivity contribution in [2.45, 2.75) is 18.8 Å². The number of aryl methyl sites for hydroxylation is 2. The number of hydrogen-bond acceptors (Lipinski definition) is 1. The predicted molar refractivity (Wildman–Crippen MR) is 128 cm³/mol. The smallest absolute Gasteiger partial charge is 0.232 e. The van der Waals surface area contributed by atoms with E-state index in [0.29, 0.717) is 0 Å². The van der Waals surface area contributed by atoms with Crippen molar-refractivity contribution in [3.8, 4) is 11.3 Å². The van der Waals surface area contributed by atoms with Crippen LogP contribution in [0.4, 0.5) is 0 Å². The highest BCUT2D eigenvalue weighted by atomic mass is 15.0. The van der Waals surface area contributed by atoms with Crippen molar-refractivity contribution < 1.29 is 4.57 Å². The van der Waals surface area contributed by atoms with Crippen molar-refractivity contribution in [1.82, 2.24) is 4.98 Å². The summed E-state index contributed by atoms with van der Waals surface area (Å²) in [6.07, 6.45) is 2.00. The Hall–Kier alpha value is -3.78. The molecule has 0 aliphatic heterocycles. The highest BCUT2D eigenvalue weighted by Crippen LogP contribution is 2.57. The topological polar surface area (TPSA) is 16.8 Å². The molecule has 3 aliphatic carbocycles. The number of benzene rings is 4. The van der Waals surface area contributed by atoms with E-state index in [9.17, 15) is 0 Å². The molecule has 2 atom stereocenters. The van der Waals surface area contributed by atoms with Crippen LogP contribution < -0.4 is 4.57 Å². The minimum atomic E-state index is 0.176. The van der Waals surface area contributed by atoms with E-state index in [4.69, 9.17) is 4.98 Å². The van der Waals surface area contributed by atoms with Crippen molar-refractivity contribution in [1.29, 1.82) is 0 Å². The number of rotatable bonds is 1. The molecule has 2 bridgehead atoms. The molecule has 5 aromatic rings. The second-order valence-electron chi connectivity index (χ2n) is 9.14. The molecule has 0 amide bonds. The summed E-state index contributed by atoms with van der Waals surface area (Å²) in [6.45, 7) is 2.21. The minimum absolute atomic E-state index is 0.176. The second-order valence-corrected chi connectivity index (χ2v) is 9.14. The van der Waals surface area contributed by atoms with Gasteiger partial charge in [0.15, 0.2) is 5.69 Å². The number of aromatic nitrogens is 2. The van der Waals surface area contributed by atoms with Gasteiger partial charge in [0, 0.05) is 11.5 Å². The average molecular weight is 412 g/mol. The average Bonchev–Trinajstić information content (AvgIpc) is 2.83. The molecule has 1 aromatic heterocycles. The van der Waals surface area contributed by atoms with Gasteiger partial charge in [-0.05, 0) is 57.6 Å². The molecule has 4 aromatic carbocycles. The van der Waals surface area contributed by atoms with Crippen LogP contribution in [0.2, 0.25) is 0 Å². The van der Waals surface area contributed by atoms with Crippen LogP contribution in [0.3, 0.4) is 0 Å². The van der Waals surface area contributed by atoms with Gasteiger partial charge in [0.2, 0.25) is 0 Å². The van der Waals surface area contributed by atoms with Gasteiger partial charge >= 0.3 is 0 Å². The molecule has 0 radical (unpaired) electrons. The van der Waals surface area contributed by atoms with Crippen molar-refractivity contribution in [3.05, 3.63) is 130 Å². The monoisotopic (exact) mass is 411 g/mol. The highest BCUT2D eigenvalue weighted by Gasteiger charge is 2.47. The van der Waals surface area contributed by atoms with E-state index in [-0.39, 0.29) is 11.8 Å². The van der Waals surface area contributed by atoms with E-state index in [0.717, 1.165) is 0 Å². The van der Waals surface area contributed by atoms with Crippen LogP contribution in [-0.4, -0.2) is 4.98 Å². The molecule has 2 heteroatoms. The Balaban J connectivity index is 1.62. The van der Waals surface area contributed by atoms with E-state index in [1.54, 1.807) is 0 Å². The molecular weight excluding hydrogens is 388 g/mol. The van der Waals surface area contributed by atoms with E-state index in [1.807, 2.05) is 6.33 Å². The largest absolute Gasteiger partial charge is 0.286 e. The lowest BCUT2D eigenvalue weighted by molar-refractivity contribution is -0.664. The van der Waals surface area contributed by atoms with Gasteiger partial charge in [-0.25, -0.2) is 4.57 Å². The lowest BCUT2D eigenvalue weighted by Crippen LogP contribution is -2.39. The molecule has 32 heavy (non-hydrogen) atoms. The number of nitrogens with zero attached hydrogens (tertiary/aromatic N) is 2. The fourth-order valence-electron chi connectivity index (χ4n) is 6.03. The zero-order valence-electron chi connectivity index (χ0n) is 18.2. The van der Waals surface area contributed by atoms with Gasteiger partial charge < -0.3 is 0 Å². The van der Waals surface area contributed by atoms with Gasteiger partial charge in [0.05, 0.1) is 18.5 Å². The maximum absolute atomic E-state index is 5.06. The Bertz CT molecular complexity index is 1560. The third-order valence-corrected chi connectivity index (χ3v) is 7.41. The van der Waals surface area contributed by atoms with Crippen LogP contribution in [0.5, 0.6) is 0 Å². The molecule has 1 heterocycles. The Morgan fingerprint density at radius 1 is 0.688 bits per heavy atom. The maximum Gasteiger partial charge on any atom is 0.286 e. The standard InChI is InChI=1S/C30H23N2/c1-18-9-3-6-12-21(18)30-28-26-22-13-7-8-14-23(22)27(29(28)31-17-32(30)2)25-16-20-11-5-4-10-19(20)15-24(25)26/h3-17,26-27H,1-2H3/q+1. The molecule has 0 spiro atoms. The molecule has 3 aliphatic rings. The Morgan fingerprint density at radius 3 is 2.00 bits per heavy atom. The Morgan fingerprint density at radius 2 is 1.28 bits per heavy atom. The van der Waals surface area contributed by atoms with Crippen LogP contribution >= 0.6 is 0 Å². The molecule has 2 nitrogen and oxygen atoms in total. The van der Waals surface area contributed by atoms with Gasteiger partial charge in [0.25, 0.3) is 6.33 Å². The fourth-order valence-corrected chi connectivity index (χ4v) is 6.03. The Kier molecular flexibility index (Phi) is 3.55. The van der Waals surface area contributed by atoms with Crippen LogP contribution in [0.1, 0.15) is 50.9 Å². The van der Waals surface area contributed by atoms with Crippen molar-refractivity contribution in [2.75, 3.05) is 0 Å². The third-order valence-electron chi connectivity index (χ3n) is 7.41. The summed E-state index contributed by atoms with van der Waals surface area (Å²) in [7, 11) is 2.13. The van der Waals surface area contributed by atoms with E-state index in [1.165, 1.54) is 61.1 Å². The summed E-state index contributed by atoms with van der Waals surface area (Å²) in [5.74, 6) is 0.370. The zero-order chi connectivity index (χ0) is 21.4. The lowest BCUT2D eigenvalue weighted by atomic mass is 9.61. The first-order valence-corrected chi connectivity index (χ1v) is 11.3. The quantitative estimate of drug-likeness (QED) is 0.302. The molecule has 0 fully saturated rings. The molecule has 0 N–H and O–H groups in total. The van der Waals surface area contributed by atoms with E-state index >= 15 is 0 Å². The predicted octanol–water partition coefficient (Wildman–Crippen LogP) is 6.02. The normalized spacial score (nSPS) is 17.7. The van der Waals surface area contributed by atoms with Crippen molar-refractivity contribution >= 4 is 10.8 Å². The summed E-state index contributed by atoms with van der Waals surface area (Å²) < 4.78 is 2.21. The third kappa shape index (κ3) is 2.24. The lowest BCUT2D eigenvalue weighted by Gasteiger charge is -2.40. The van der Waals surface area contributed by atoms with E-state index < -0.39 is 0 Å². The summed E-state index contributed by atoms with van der Waals surface area (Å²) in [6, 6.07) is 31.3. The van der Waals surface area contributed by atoms with Gasteiger partial charge in [-0.15, -0.1) is 0 Å². The molecule has 0 saturated heterocycles. The first-order valence-electron chi connectivity index (χ1n) is 11.3.